The first-order valence-corrected chi connectivity index (χ1v) is 9.49. The molecule has 1 amide bonds. The normalized spacial score (nSPS) is 11.0. The van der Waals surface area contributed by atoms with Gasteiger partial charge in [-0.15, -0.1) is 0 Å². The molecule has 0 aliphatic heterocycles. The Balaban J connectivity index is 1.70. The van der Waals surface area contributed by atoms with E-state index in [1.165, 1.54) is 17.7 Å². The number of carbonyl (C=O) groups excluding carboxylic acids is 1. The maximum atomic E-state index is 13.3. The maximum absolute atomic E-state index is 13.3. The number of rotatable bonds is 4. The van der Waals surface area contributed by atoms with Crippen molar-refractivity contribution in [2.75, 3.05) is 5.32 Å². The number of benzene rings is 2. The molecule has 0 unspecified atom stereocenters. The van der Waals surface area contributed by atoms with Gasteiger partial charge in [-0.2, -0.15) is 5.10 Å². The maximum Gasteiger partial charge on any atom is 0.259 e. The molecule has 1 N–H and O–H groups in total. The molecule has 5 nitrogen and oxygen atoms in total. The molecule has 0 radical (unpaired) electrons. The molecule has 0 aliphatic carbocycles. The highest BCUT2D eigenvalue weighted by Crippen LogP contribution is 2.28. The number of anilines is 1. The Labute approximate surface area is 168 Å². The molecule has 0 saturated heterocycles. The number of carbonyl (C=O) groups is 1. The van der Waals surface area contributed by atoms with Crippen LogP contribution in [-0.4, -0.2) is 20.5 Å². The molecule has 146 valence electrons. The minimum Gasteiger partial charge on any atom is -0.322 e. The average molecular weight is 388 g/mol. The van der Waals surface area contributed by atoms with Gasteiger partial charge in [0, 0.05) is 17.4 Å². The SMILES string of the molecule is CCc1ccc(NC(=O)c2cnc3c(-c4ccc(F)cc4)c(C)nn3c2C)cc1. The average Bonchev–Trinajstić information content (AvgIpc) is 3.06. The number of hydrogen-bond donors (Lipinski definition) is 1. The fourth-order valence-electron chi connectivity index (χ4n) is 3.40. The second-order valence-electron chi connectivity index (χ2n) is 6.96. The second kappa shape index (κ2) is 7.47. The van der Waals surface area contributed by atoms with Gasteiger partial charge < -0.3 is 5.32 Å². The van der Waals surface area contributed by atoms with Crippen molar-refractivity contribution < 1.29 is 9.18 Å². The zero-order chi connectivity index (χ0) is 20.5. The first kappa shape index (κ1) is 18.8. The van der Waals surface area contributed by atoms with E-state index in [2.05, 4.69) is 22.3 Å². The smallest absolute Gasteiger partial charge is 0.259 e. The number of aryl methyl sites for hydroxylation is 3. The third-order valence-corrected chi connectivity index (χ3v) is 5.06. The molecule has 2 aromatic carbocycles. The van der Waals surface area contributed by atoms with Gasteiger partial charge in [-0.05, 0) is 55.7 Å². The predicted octanol–water partition coefficient (Wildman–Crippen LogP) is 4.97. The van der Waals surface area contributed by atoms with Crippen molar-refractivity contribution in [1.29, 1.82) is 0 Å². The van der Waals surface area contributed by atoms with Crippen molar-refractivity contribution in [3.63, 3.8) is 0 Å². The second-order valence-corrected chi connectivity index (χ2v) is 6.96. The van der Waals surface area contributed by atoms with Crippen molar-refractivity contribution in [2.45, 2.75) is 27.2 Å². The third kappa shape index (κ3) is 3.49. The number of hydrogen-bond acceptors (Lipinski definition) is 3. The van der Waals surface area contributed by atoms with E-state index in [1.54, 1.807) is 22.8 Å². The first-order valence-electron chi connectivity index (χ1n) is 9.49. The summed E-state index contributed by atoms with van der Waals surface area (Å²) in [6.45, 7) is 5.80. The van der Waals surface area contributed by atoms with Gasteiger partial charge in [0.2, 0.25) is 0 Å². The summed E-state index contributed by atoms with van der Waals surface area (Å²) in [5.41, 5.74) is 6.14. The number of nitrogens with zero attached hydrogens (tertiary/aromatic N) is 3. The lowest BCUT2D eigenvalue weighted by Crippen LogP contribution is -2.16. The molecule has 2 aromatic heterocycles. The van der Waals surface area contributed by atoms with E-state index in [4.69, 9.17) is 0 Å². The first-order chi connectivity index (χ1) is 14.0. The van der Waals surface area contributed by atoms with E-state index in [1.807, 2.05) is 38.1 Å². The Bertz CT molecular complexity index is 1190. The van der Waals surface area contributed by atoms with Gasteiger partial charge in [-0.3, -0.25) is 4.79 Å². The molecule has 2 heterocycles. The summed E-state index contributed by atoms with van der Waals surface area (Å²) in [5, 5.41) is 7.48. The Hall–Kier alpha value is -3.54. The Morgan fingerprint density at radius 3 is 2.41 bits per heavy atom. The summed E-state index contributed by atoms with van der Waals surface area (Å²) >= 11 is 0. The van der Waals surface area contributed by atoms with Crippen LogP contribution in [0.2, 0.25) is 0 Å². The van der Waals surface area contributed by atoms with Gasteiger partial charge >= 0.3 is 0 Å². The third-order valence-electron chi connectivity index (χ3n) is 5.06. The molecule has 0 saturated carbocycles. The number of fused-ring (bicyclic) bond motifs is 1. The highest BCUT2D eigenvalue weighted by Gasteiger charge is 2.19. The lowest BCUT2D eigenvalue weighted by Gasteiger charge is -2.09. The highest BCUT2D eigenvalue weighted by molar-refractivity contribution is 6.05. The molecule has 0 atom stereocenters. The van der Waals surface area contributed by atoms with Gasteiger partial charge in [-0.25, -0.2) is 13.9 Å². The quantitative estimate of drug-likeness (QED) is 0.537. The summed E-state index contributed by atoms with van der Waals surface area (Å²) < 4.78 is 15.0. The van der Waals surface area contributed by atoms with Crippen molar-refractivity contribution in [1.82, 2.24) is 14.6 Å². The Kier molecular flexibility index (Phi) is 4.84. The van der Waals surface area contributed by atoms with Crippen LogP contribution < -0.4 is 5.32 Å². The van der Waals surface area contributed by atoms with E-state index in [0.717, 1.165) is 28.9 Å². The largest absolute Gasteiger partial charge is 0.322 e. The van der Waals surface area contributed by atoms with Gasteiger partial charge in [0.15, 0.2) is 5.65 Å². The van der Waals surface area contributed by atoms with Gasteiger partial charge in [-0.1, -0.05) is 31.2 Å². The predicted molar refractivity (Wildman–Crippen MR) is 112 cm³/mol. The monoisotopic (exact) mass is 388 g/mol. The van der Waals surface area contributed by atoms with Crippen LogP contribution in [0.15, 0.2) is 54.7 Å². The Morgan fingerprint density at radius 2 is 1.76 bits per heavy atom. The highest BCUT2D eigenvalue weighted by atomic mass is 19.1. The molecule has 0 fully saturated rings. The van der Waals surface area contributed by atoms with Crippen molar-refractivity contribution in [3.8, 4) is 11.1 Å². The molecule has 6 heteroatoms. The van der Waals surface area contributed by atoms with Crippen LogP contribution in [0.25, 0.3) is 16.8 Å². The number of aromatic nitrogens is 3. The van der Waals surface area contributed by atoms with E-state index in [-0.39, 0.29) is 11.7 Å². The van der Waals surface area contributed by atoms with Crippen molar-refractivity contribution >= 4 is 17.2 Å². The number of halogens is 1. The number of amides is 1. The summed E-state index contributed by atoms with van der Waals surface area (Å²) in [5.74, 6) is -0.532. The molecule has 4 rings (SSSR count). The summed E-state index contributed by atoms with van der Waals surface area (Å²) in [6, 6.07) is 14.0. The molecular formula is C23H21FN4O. The van der Waals surface area contributed by atoms with E-state index in [9.17, 15) is 9.18 Å². The van der Waals surface area contributed by atoms with E-state index in [0.29, 0.717) is 16.9 Å². The Morgan fingerprint density at radius 1 is 1.07 bits per heavy atom. The van der Waals surface area contributed by atoms with Crippen molar-refractivity contribution in [2.24, 2.45) is 0 Å². The summed E-state index contributed by atoms with van der Waals surface area (Å²) in [6.07, 6.45) is 2.51. The lowest BCUT2D eigenvalue weighted by molar-refractivity contribution is 0.102. The molecule has 0 aliphatic rings. The van der Waals surface area contributed by atoms with E-state index < -0.39 is 0 Å². The van der Waals surface area contributed by atoms with Crippen LogP contribution in [0.1, 0.15) is 34.2 Å². The van der Waals surface area contributed by atoms with Crippen LogP contribution in [0.4, 0.5) is 10.1 Å². The molecule has 0 bridgehead atoms. The van der Waals surface area contributed by atoms with Gasteiger partial charge in [0.25, 0.3) is 5.91 Å². The lowest BCUT2D eigenvalue weighted by atomic mass is 10.1. The van der Waals surface area contributed by atoms with Gasteiger partial charge in [0.05, 0.1) is 17.0 Å². The van der Waals surface area contributed by atoms with Crippen LogP contribution in [-0.2, 0) is 6.42 Å². The van der Waals surface area contributed by atoms with Crippen LogP contribution in [0.5, 0.6) is 0 Å². The van der Waals surface area contributed by atoms with Crippen LogP contribution in [0, 0.1) is 19.7 Å². The van der Waals surface area contributed by atoms with Crippen molar-refractivity contribution in [3.05, 3.63) is 83.1 Å². The van der Waals surface area contributed by atoms with Gasteiger partial charge in [0.1, 0.15) is 5.82 Å². The molecule has 29 heavy (non-hydrogen) atoms. The minimum absolute atomic E-state index is 0.238. The standard InChI is InChI=1S/C23H21FN4O/c1-4-16-5-11-19(12-6-16)26-23(29)20-13-25-22-21(14(2)27-28(22)15(20)3)17-7-9-18(24)10-8-17/h5-13H,4H2,1-3H3,(H,26,29). The summed E-state index contributed by atoms with van der Waals surface area (Å²) in [7, 11) is 0. The molecular weight excluding hydrogens is 367 g/mol. The topological polar surface area (TPSA) is 59.3 Å². The minimum atomic E-state index is -0.294. The molecule has 4 aromatic rings. The van der Waals surface area contributed by atoms with E-state index >= 15 is 0 Å². The number of nitrogens with one attached hydrogen (secondary N) is 1. The molecule has 0 spiro atoms. The van der Waals surface area contributed by atoms with Crippen LogP contribution in [0.3, 0.4) is 0 Å². The van der Waals surface area contributed by atoms with Crippen LogP contribution >= 0.6 is 0 Å². The fourth-order valence-corrected chi connectivity index (χ4v) is 3.40. The zero-order valence-corrected chi connectivity index (χ0v) is 16.5. The zero-order valence-electron chi connectivity index (χ0n) is 16.5. The summed E-state index contributed by atoms with van der Waals surface area (Å²) in [4.78, 5) is 17.3. The fraction of sp³-hybridized carbons (Fsp3) is 0.174.